The number of rotatable bonds is 3. The highest BCUT2D eigenvalue weighted by Crippen LogP contribution is 2.33. The van der Waals surface area contributed by atoms with Crippen LogP contribution in [0, 0.1) is 0 Å². The molecule has 0 radical (unpaired) electrons. The summed E-state index contributed by atoms with van der Waals surface area (Å²) >= 11 is 0. The van der Waals surface area contributed by atoms with Crippen molar-refractivity contribution in [2.24, 2.45) is 0 Å². The molecule has 9 heteroatoms. The SMILES string of the molecule is O=C1CCC(N2Cc3cc(NC(=O)C4=COc5ccccc5O4)ccc3C2=O)C(=O)N1. The Morgan fingerprint density at radius 2 is 1.90 bits per heavy atom. The summed E-state index contributed by atoms with van der Waals surface area (Å²) in [6.45, 7) is 0.222. The van der Waals surface area contributed by atoms with E-state index in [0.29, 0.717) is 34.7 Å². The fourth-order valence-electron chi connectivity index (χ4n) is 3.84. The van der Waals surface area contributed by atoms with Crippen molar-refractivity contribution in [1.29, 1.82) is 0 Å². The summed E-state index contributed by atoms with van der Waals surface area (Å²) in [5, 5.41) is 5.00. The Bertz CT molecular complexity index is 1170. The number of carbonyl (C=O) groups is 4. The fourth-order valence-corrected chi connectivity index (χ4v) is 3.84. The Morgan fingerprint density at radius 1 is 1.10 bits per heavy atom. The molecule has 1 fully saturated rings. The number of nitrogens with one attached hydrogen (secondary N) is 2. The molecule has 2 aromatic rings. The number of nitrogens with zero attached hydrogens (tertiary/aromatic N) is 1. The smallest absolute Gasteiger partial charge is 0.294 e. The first-order valence-corrected chi connectivity index (χ1v) is 9.72. The van der Waals surface area contributed by atoms with Crippen LogP contribution >= 0.6 is 0 Å². The van der Waals surface area contributed by atoms with E-state index in [0.717, 1.165) is 0 Å². The van der Waals surface area contributed by atoms with Crippen LogP contribution in [0.5, 0.6) is 11.5 Å². The summed E-state index contributed by atoms with van der Waals surface area (Å²) in [5.41, 5.74) is 1.63. The Morgan fingerprint density at radius 3 is 2.71 bits per heavy atom. The van der Waals surface area contributed by atoms with Gasteiger partial charge < -0.3 is 19.7 Å². The van der Waals surface area contributed by atoms with Gasteiger partial charge in [0, 0.05) is 24.2 Å². The number of piperidine rings is 1. The largest absolute Gasteiger partial charge is 0.457 e. The molecule has 9 nitrogen and oxygen atoms in total. The van der Waals surface area contributed by atoms with E-state index in [1.165, 1.54) is 11.2 Å². The molecule has 0 spiro atoms. The summed E-state index contributed by atoms with van der Waals surface area (Å²) in [6.07, 6.45) is 1.72. The van der Waals surface area contributed by atoms with Crippen LogP contribution in [0.2, 0.25) is 0 Å². The predicted molar refractivity (Wildman–Crippen MR) is 107 cm³/mol. The van der Waals surface area contributed by atoms with E-state index in [9.17, 15) is 19.2 Å². The van der Waals surface area contributed by atoms with E-state index < -0.39 is 17.9 Å². The molecule has 0 aliphatic carbocycles. The normalized spacial score (nSPS) is 19.5. The standard InChI is InChI=1S/C22H17N3O6/c26-19-8-7-15(20(27)24-19)25-10-12-9-13(5-6-14(12)22(25)29)23-21(28)18-11-30-16-3-1-2-4-17(16)31-18/h1-6,9,11,15H,7-8,10H2,(H,23,28)(H,24,26,27). The van der Waals surface area contributed by atoms with Crippen molar-refractivity contribution < 1.29 is 28.7 Å². The molecule has 3 heterocycles. The third-order valence-corrected chi connectivity index (χ3v) is 5.37. The molecule has 31 heavy (non-hydrogen) atoms. The molecule has 1 atom stereocenters. The third-order valence-electron chi connectivity index (χ3n) is 5.37. The molecule has 2 aromatic carbocycles. The van der Waals surface area contributed by atoms with E-state index in [1.807, 2.05) is 0 Å². The van der Waals surface area contributed by atoms with Gasteiger partial charge in [0.15, 0.2) is 11.5 Å². The minimum atomic E-state index is -0.686. The Kier molecular flexibility index (Phi) is 4.43. The van der Waals surface area contributed by atoms with Gasteiger partial charge in [-0.05, 0) is 42.3 Å². The topological polar surface area (TPSA) is 114 Å². The lowest BCUT2D eigenvalue weighted by Crippen LogP contribution is -2.52. The number of amides is 4. The van der Waals surface area contributed by atoms with Gasteiger partial charge in [-0.1, -0.05) is 12.1 Å². The molecular weight excluding hydrogens is 402 g/mol. The van der Waals surface area contributed by atoms with Crippen LogP contribution in [-0.2, 0) is 20.9 Å². The minimum Gasteiger partial charge on any atom is -0.457 e. The molecule has 3 aliphatic heterocycles. The molecule has 0 saturated carbocycles. The summed E-state index contributed by atoms with van der Waals surface area (Å²) in [7, 11) is 0. The molecular formula is C22H17N3O6. The zero-order valence-corrected chi connectivity index (χ0v) is 16.2. The molecule has 2 N–H and O–H groups in total. The Balaban J connectivity index is 1.29. The van der Waals surface area contributed by atoms with Gasteiger partial charge in [-0.25, -0.2) is 0 Å². The number of hydrogen-bond donors (Lipinski definition) is 2. The van der Waals surface area contributed by atoms with Crippen LogP contribution in [0.4, 0.5) is 5.69 Å². The van der Waals surface area contributed by atoms with Crippen molar-refractivity contribution in [3.63, 3.8) is 0 Å². The van der Waals surface area contributed by atoms with Crippen molar-refractivity contribution in [2.45, 2.75) is 25.4 Å². The van der Waals surface area contributed by atoms with Crippen molar-refractivity contribution in [2.75, 3.05) is 5.32 Å². The van der Waals surface area contributed by atoms with Crippen molar-refractivity contribution in [1.82, 2.24) is 10.2 Å². The molecule has 1 unspecified atom stereocenters. The van der Waals surface area contributed by atoms with E-state index in [4.69, 9.17) is 9.47 Å². The van der Waals surface area contributed by atoms with Gasteiger partial charge in [-0.15, -0.1) is 0 Å². The first-order chi connectivity index (χ1) is 15.0. The number of carbonyl (C=O) groups excluding carboxylic acids is 4. The Hall–Kier alpha value is -4.14. The van der Waals surface area contributed by atoms with Gasteiger partial charge in [-0.3, -0.25) is 24.5 Å². The van der Waals surface area contributed by atoms with Crippen molar-refractivity contribution >= 4 is 29.3 Å². The number of ether oxygens (including phenoxy) is 2. The van der Waals surface area contributed by atoms with Crippen LogP contribution < -0.4 is 20.1 Å². The zero-order chi connectivity index (χ0) is 21.5. The average molecular weight is 419 g/mol. The number of hydrogen-bond acceptors (Lipinski definition) is 6. The molecule has 1 saturated heterocycles. The molecule has 156 valence electrons. The Labute approximate surface area is 176 Å². The quantitative estimate of drug-likeness (QED) is 0.732. The van der Waals surface area contributed by atoms with E-state index in [-0.39, 0.29) is 30.5 Å². The van der Waals surface area contributed by atoms with Crippen LogP contribution in [0.15, 0.2) is 54.5 Å². The first kappa shape index (κ1) is 18.9. The van der Waals surface area contributed by atoms with Crippen LogP contribution in [0.1, 0.15) is 28.8 Å². The molecule has 5 rings (SSSR count). The van der Waals surface area contributed by atoms with Gasteiger partial charge >= 0.3 is 0 Å². The second kappa shape index (κ2) is 7.28. The fraction of sp³-hybridized carbons (Fsp3) is 0.182. The van der Waals surface area contributed by atoms with Crippen LogP contribution in [0.25, 0.3) is 0 Å². The monoisotopic (exact) mass is 419 g/mol. The summed E-state index contributed by atoms with van der Waals surface area (Å²) in [5.74, 6) is -0.612. The predicted octanol–water partition coefficient (Wildman–Crippen LogP) is 1.70. The summed E-state index contributed by atoms with van der Waals surface area (Å²) < 4.78 is 11.0. The molecule has 3 aliphatic rings. The average Bonchev–Trinajstić information content (AvgIpc) is 3.09. The molecule has 0 aromatic heterocycles. The highest BCUT2D eigenvalue weighted by atomic mass is 16.6. The number of para-hydroxylation sites is 2. The van der Waals surface area contributed by atoms with Gasteiger partial charge in [-0.2, -0.15) is 0 Å². The lowest BCUT2D eigenvalue weighted by molar-refractivity contribution is -0.136. The number of benzene rings is 2. The van der Waals surface area contributed by atoms with E-state index in [1.54, 1.807) is 42.5 Å². The number of anilines is 1. The maximum atomic E-state index is 12.7. The first-order valence-electron chi connectivity index (χ1n) is 9.72. The molecule has 0 bridgehead atoms. The van der Waals surface area contributed by atoms with Crippen molar-refractivity contribution in [3.05, 3.63) is 65.6 Å². The maximum absolute atomic E-state index is 12.7. The lowest BCUT2D eigenvalue weighted by atomic mass is 10.0. The number of fused-ring (bicyclic) bond motifs is 2. The van der Waals surface area contributed by atoms with E-state index in [2.05, 4.69) is 10.6 Å². The number of imide groups is 1. The van der Waals surface area contributed by atoms with Crippen LogP contribution in [0.3, 0.4) is 0 Å². The minimum absolute atomic E-state index is 0.000412. The second-order valence-electron chi connectivity index (χ2n) is 7.37. The van der Waals surface area contributed by atoms with E-state index >= 15 is 0 Å². The highest BCUT2D eigenvalue weighted by molar-refractivity contribution is 6.06. The summed E-state index contributed by atoms with van der Waals surface area (Å²) in [6, 6.07) is 11.2. The highest BCUT2D eigenvalue weighted by Gasteiger charge is 2.39. The van der Waals surface area contributed by atoms with Gasteiger partial charge in [0.1, 0.15) is 12.3 Å². The molecule has 4 amide bonds. The van der Waals surface area contributed by atoms with Gasteiger partial charge in [0.05, 0.1) is 0 Å². The summed E-state index contributed by atoms with van der Waals surface area (Å²) in [4.78, 5) is 50.3. The van der Waals surface area contributed by atoms with Gasteiger partial charge in [0.2, 0.25) is 17.6 Å². The van der Waals surface area contributed by atoms with Crippen molar-refractivity contribution in [3.8, 4) is 11.5 Å². The maximum Gasteiger partial charge on any atom is 0.294 e. The van der Waals surface area contributed by atoms with Gasteiger partial charge in [0.25, 0.3) is 11.8 Å². The second-order valence-corrected chi connectivity index (χ2v) is 7.37. The zero-order valence-electron chi connectivity index (χ0n) is 16.2. The van der Waals surface area contributed by atoms with Crippen LogP contribution in [-0.4, -0.2) is 34.6 Å². The lowest BCUT2D eigenvalue weighted by Gasteiger charge is -2.29. The third kappa shape index (κ3) is 3.39.